The van der Waals surface area contributed by atoms with Crippen molar-refractivity contribution in [2.24, 2.45) is 0 Å². The molecule has 0 bridgehead atoms. The van der Waals surface area contributed by atoms with Crippen molar-refractivity contribution in [3.05, 3.63) is 36.4 Å². The van der Waals surface area contributed by atoms with Crippen molar-refractivity contribution in [2.45, 2.75) is 38.8 Å². The Bertz CT molecular complexity index is 561. The fourth-order valence-corrected chi connectivity index (χ4v) is 2.11. The third-order valence-corrected chi connectivity index (χ3v) is 3.35. The van der Waals surface area contributed by atoms with E-state index in [1.165, 1.54) is 19.2 Å². The molecular weight excluding hydrogens is 252 g/mol. The number of hydrogen-bond acceptors (Lipinski definition) is 4. The average Bonchev–Trinajstić information content (AvgIpc) is 3.19. The first-order valence-corrected chi connectivity index (χ1v) is 7.26. The molecule has 1 saturated carbocycles. The lowest BCUT2D eigenvalue weighted by molar-refractivity contribution is 0.317. The summed E-state index contributed by atoms with van der Waals surface area (Å²) < 4.78 is 11.2. The molecule has 1 aromatic heterocycles. The van der Waals surface area contributed by atoms with Crippen molar-refractivity contribution in [1.29, 1.82) is 0 Å². The van der Waals surface area contributed by atoms with E-state index in [1.807, 2.05) is 24.3 Å². The van der Waals surface area contributed by atoms with Gasteiger partial charge in [-0.1, -0.05) is 19.1 Å². The van der Waals surface area contributed by atoms with Crippen LogP contribution >= 0.6 is 0 Å². The number of ether oxygens (including phenoxy) is 1. The van der Waals surface area contributed by atoms with Crippen LogP contribution in [0.4, 0.5) is 0 Å². The normalized spacial score (nSPS) is 14.4. The highest BCUT2D eigenvalue weighted by molar-refractivity contribution is 5.61. The standard InChI is InChI=1S/C16H20N2O2/c1-2-8-19-14-5-3-4-12(9-14)16-15(18-11-20-16)10-17-13-6-7-13/h3-5,9,11,13,17H,2,6-8,10H2,1H3. The summed E-state index contributed by atoms with van der Waals surface area (Å²) in [6.45, 7) is 3.59. The number of aromatic nitrogens is 1. The van der Waals surface area contributed by atoms with Gasteiger partial charge >= 0.3 is 0 Å². The predicted molar refractivity (Wildman–Crippen MR) is 77.6 cm³/mol. The second kappa shape index (κ2) is 6.09. The van der Waals surface area contributed by atoms with Crippen LogP contribution in [0.5, 0.6) is 5.75 Å². The Balaban J connectivity index is 1.75. The molecule has 4 heteroatoms. The Hall–Kier alpha value is -1.81. The third kappa shape index (κ3) is 3.20. The summed E-state index contributed by atoms with van der Waals surface area (Å²) in [6, 6.07) is 8.66. The van der Waals surface area contributed by atoms with E-state index in [-0.39, 0.29) is 0 Å². The van der Waals surface area contributed by atoms with Gasteiger partial charge in [0.2, 0.25) is 0 Å². The van der Waals surface area contributed by atoms with Crippen LogP contribution < -0.4 is 10.1 Å². The molecule has 1 aliphatic rings. The van der Waals surface area contributed by atoms with Crippen LogP contribution in [0.2, 0.25) is 0 Å². The molecule has 2 aromatic rings. The molecule has 106 valence electrons. The first-order chi connectivity index (χ1) is 9.86. The maximum atomic E-state index is 5.66. The van der Waals surface area contributed by atoms with Gasteiger partial charge in [-0.3, -0.25) is 0 Å². The summed E-state index contributed by atoms with van der Waals surface area (Å²) in [4.78, 5) is 4.31. The van der Waals surface area contributed by atoms with Gasteiger partial charge in [-0.2, -0.15) is 0 Å². The van der Waals surface area contributed by atoms with E-state index >= 15 is 0 Å². The first kappa shape index (κ1) is 13.2. The van der Waals surface area contributed by atoms with Crippen LogP contribution in [0.3, 0.4) is 0 Å². The maximum Gasteiger partial charge on any atom is 0.181 e. The van der Waals surface area contributed by atoms with Gasteiger partial charge in [0, 0.05) is 18.2 Å². The Morgan fingerprint density at radius 1 is 1.40 bits per heavy atom. The largest absolute Gasteiger partial charge is 0.494 e. The molecule has 0 aliphatic heterocycles. The van der Waals surface area contributed by atoms with Gasteiger partial charge in [-0.05, 0) is 31.4 Å². The van der Waals surface area contributed by atoms with Gasteiger partial charge in [0.25, 0.3) is 0 Å². The molecule has 1 fully saturated rings. The zero-order valence-electron chi connectivity index (χ0n) is 11.8. The molecule has 0 spiro atoms. The number of oxazole rings is 1. The predicted octanol–water partition coefficient (Wildman–Crippen LogP) is 3.38. The Morgan fingerprint density at radius 3 is 3.10 bits per heavy atom. The van der Waals surface area contributed by atoms with Crippen LogP contribution in [-0.2, 0) is 6.54 Å². The topological polar surface area (TPSA) is 47.3 Å². The minimum atomic E-state index is 0.666. The highest BCUT2D eigenvalue weighted by Gasteiger charge is 2.21. The number of rotatable bonds is 7. The second-order valence-electron chi connectivity index (χ2n) is 5.16. The van der Waals surface area contributed by atoms with Crippen LogP contribution in [-0.4, -0.2) is 17.6 Å². The molecule has 1 N–H and O–H groups in total. The molecule has 3 rings (SSSR count). The van der Waals surface area contributed by atoms with Gasteiger partial charge in [0.1, 0.15) is 11.4 Å². The SMILES string of the molecule is CCCOc1cccc(-c2ocnc2CNC2CC2)c1. The minimum Gasteiger partial charge on any atom is -0.494 e. The van der Waals surface area contributed by atoms with Gasteiger partial charge in [0.15, 0.2) is 12.2 Å². The summed E-state index contributed by atoms with van der Waals surface area (Å²) in [5, 5.41) is 3.46. The first-order valence-electron chi connectivity index (χ1n) is 7.26. The fourth-order valence-electron chi connectivity index (χ4n) is 2.11. The lowest BCUT2D eigenvalue weighted by Crippen LogP contribution is -2.15. The summed E-state index contributed by atoms with van der Waals surface area (Å²) in [7, 11) is 0. The molecule has 0 saturated heterocycles. The van der Waals surface area contributed by atoms with Crippen molar-refractivity contribution in [3.8, 4) is 17.1 Å². The van der Waals surface area contributed by atoms with Crippen molar-refractivity contribution in [2.75, 3.05) is 6.61 Å². The Kier molecular flexibility index (Phi) is 4.02. The van der Waals surface area contributed by atoms with Gasteiger partial charge in [-0.25, -0.2) is 4.98 Å². The second-order valence-corrected chi connectivity index (χ2v) is 5.16. The van der Waals surface area contributed by atoms with Crippen LogP contribution in [0.15, 0.2) is 35.1 Å². The van der Waals surface area contributed by atoms with E-state index in [4.69, 9.17) is 9.15 Å². The summed E-state index contributed by atoms with van der Waals surface area (Å²) in [5.74, 6) is 1.71. The van der Waals surface area contributed by atoms with Gasteiger partial charge in [-0.15, -0.1) is 0 Å². The summed E-state index contributed by atoms with van der Waals surface area (Å²) >= 11 is 0. The molecule has 20 heavy (non-hydrogen) atoms. The quantitative estimate of drug-likeness (QED) is 0.839. The third-order valence-electron chi connectivity index (χ3n) is 3.35. The average molecular weight is 272 g/mol. The molecule has 1 aromatic carbocycles. The molecule has 1 aliphatic carbocycles. The molecule has 0 amide bonds. The van der Waals surface area contributed by atoms with Crippen molar-refractivity contribution >= 4 is 0 Å². The smallest absolute Gasteiger partial charge is 0.181 e. The molecule has 0 atom stereocenters. The van der Waals surface area contributed by atoms with Gasteiger partial charge < -0.3 is 14.5 Å². The number of benzene rings is 1. The zero-order valence-corrected chi connectivity index (χ0v) is 11.8. The van der Waals surface area contributed by atoms with Gasteiger partial charge in [0.05, 0.1) is 6.61 Å². The molecule has 1 heterocycles. The Labute approximate surface area is 119 Å². The van der Waals surface area contributed by atoms with Crippen LogP contribution in [0, 0.1) is 0 Å². The molecular formula is C16H20N2O2. The van der Waals surface area contributed by atoms with E-state index < -0.39 is 0 Å². The molecule has 0 unspecified atom stereocenters. The lowest BCUT2D eigenvalue weighted by atomic mass is 10.1. The van der Waals surface area contributed by atoms with E-state index in [9.17, 15) is 0 Å². The maximum absolute atomic E-state index is 5.66. The van der Waals surface area contributed by atoms with Crippen LogP contribution in [0.1, 0.15) is 31.9 Å². The summed E-state index contributed by atoms with van der Waals surface area (Å²) in [6.07, 6.45) is 5.06. The Morgan fingerprint density at radius 2 is 2.30 bits per heavy atom. The minimum absolute atomic E-state index is 0.666. The van der Waals surface area contributed by atoms with Crippen LogP contribution in [0.25, 0.3) is 11.3 Å². The highest BCUT2D eigenvalue weighted by Crippen LogP contribution is 2.27. The summed E-state index contributed by atoms with van der Waals surface area (Å²) in [5.41, 5.74) is 1.98. The van der Waals surface area contributed by atoms with Crippen molar-refractivity contribution < 1.29 is 9.15 Å². The van der Waals surface area contributed by atoms with E-state index in [0.29, 0.717) is 6.04 Å². The number of nitrogens with zero attached hydrogens (tertiary/aromatic N) is 1. The lowest BCUT2D eigenvalue weighted by Gasteiger charge is -2.07. The zero-order chi connectivity index (χ0) is 13.8. The van der Waals surface area contributed by atoms with Crippen molar-refractivity contribution in [1.82, 2.24) is 10.3 Å². The van der Waals surface area contributed by atoms with Crippen molar-refractivity contribution in [3.63, 3.8) is 0 Å². The molecule has 0 radical (unpaired) electrons. The van der Waals surface area contributed by atoms with E-state index in [1.54, 1.807) is 0 Å². The number of hydrogen-bond donors (Lipinski definition) is 1. The monoisotopic (exact) mass is 272 g/mol. The molecule has 4 nitrogen and oxygen atoms in total. The highest BCUT2D eigenvalue weighted by atomic mass is 16.5. The van der Waals surface area contributed by atoms with E-state index in [2.05, 4.69) is 17.2 Å². The number of nitrogens with one attached hydrogen (secondary N) is 1. The fraction of sp³-hybridized carbons (Fsp3) is 0.438. The van der Waals surface area contributed by atoms with E-state index in [0.717, 1.165) is 42.3 Å².